The predicted octanol–water partition coefficient (Wildman–Crippen LogP) is 3.78. The summed E-state index contributed by atoms with van der Waals surface area (Å²) in [5.41, 5.74) is 3.34. The molecular weight excluding hydrogens is 260 g/mol. The molecule has 0 unspecified atom stereocenters. The van der Waals surface area contributed by atoms with Gasteiger partial charge in [-0.05, 0) is 25.7 Å². The summed E-state index contributed by atoms with van der Waals surface area (Å²) in [5.74, 6) is 0. The minimum Gasteiger partial charge on any atom is -0.306 e. The van der Waals surface area contributed by atoms with E-state index in [4.69, 9.17) is 0 Å². The number of hydrogen-bond donors (Lipinski definition) is 2. The summed E-state index contributed by atoms with van der Waals surface area (Å²) < 4.78 is 0. The molecule has 0 bridgehead atoms. The number of nitrogens with one attached hydrogen (secondary N) is 2. The molecule has 0 atom stereocenters. The number of nitrogens with zero attached hydrogens (tertiary/aromatic N) is 2. The van der Waals surface area contributed by atoms with Gasteiger partial charge < -0.3 is 5.32 Å². The molecule has 0 aliphatic carbocycles. The molecule has 0 aliphatic rings. The lowest BCUT2D eigenvalue weighted by molar-refractivity contribution is 0.240. The van der Waals surface area contributed by atoms with Crippen LogP contribution >= 0.6 is 0 Å². The van der Waals surface area contributed by atoms with E-state index in [0.29, 0.717) is 12.0 Å². The Morgan fingerprint density at radius 3 is 2.29 bits per heavy atom. The summed E-state index contributed by atoms with van der Waals surface area (Å²) in [6, 6.07) is 10.2. The average molecular weight is 286 g/mol. The first-order valence-corrected chi connectivity index (χ1v) is 7.47. The van der Waals surface area contributed by atoms with E-state index in [-0.39, 0.29) is 5.54 Å². The summed E-state index contributed by atoms with van der Waals surface area (Å²) >= 11 is 0. The smallest absolute Gasteiger partial charge is 0.117 e. The van der Waals surface area contributed by atoms with Crippen molar-refractivity contribution in [3.05, 3.63) is 36.0 Å². The summed E-state index contributed by atoms with van der Waals surface area (Å²) in [6.07, 6.45) is 1.10. The van der Waals surface area contributed by atoms with Gasteiger partial charge in [0, 0.05) is 17.6 Å². The molecule has 0 saturated carbocycles. The van der Waals surface area contributed by atoms with Gasteiger partial charge in [-0.25, -0.2) is 0 Å². The maximum atomic E-state index is 4.29. The second kappa shape index (κ2) is 5.98. The lowest BCUT2D eigenvalue weighted by Crippen LogP contribution is -2.42. The number of rotatable bonds is 5. The summed E-state index contributed by atoms with van der Waals surface area (Å²) in [6.45, 7) is 12.0. The summed E-state index contributed by atoms with van der Waals surface area (Å²) in [4.78, 5) is 0. The lowest BCUT2D eigenvalue weighted by Gasteiger charge is -2.33. The Bertz CT molecular complexity index is 564. The second-order valence-electron chi connectivity index (χ2n) is 7.46. The molecule has 0 saturated heterocycles. The van der Waals surface area contributed by atoms with Crippen molar-refractivity contribution >= 4 is 0 Å². The maximum Gasteiger partial charge on any atom is 0.117 e. The number of aromatic amines is 1. The van der Waals surface area contributed by atoms with Gasteiger partial charge in [-0.15, -0.1) is 0 Å². The van der Waals surface area contributed by atoms with E-state index in [9.17, 15) is 0 Å². The van der Waals surface area contributed by atoms with Crippen LogP contribution in [0.15, 0.2) is 30.3 Å². The Morgan fingerprint density at radius 1 is 1.00 bits per heavy atom. The first kappa shape index (κ1) is 15.7. The zero-order chi connectivity index (χ0) is 15.5. The molecule has 0 fully saturated rings. The van der Waals surface area contributed by atoms with Crippen LogP contribution in [0, 0.1) is 5.41 Å². The van der Waals surface area contributed by atoms with Crippen LogP contribution in [0.2, 0.25) is 0 Å². The van der Waals surface area contributed by atoms with E-state index < -0.39 is 0 Å². The fraction of sp³-hybridized carbons (Fsp3) is 0.529. The molecule has 114 valence electrons. The molecule has 1 aromatic carbocycles. The van der Waals surface area contributed by atoms with Gasteiger partial charge in [0.05, 0.1) is 0 Å². The minimum absolute atomic E-state index is 0.0607. The highest BCUT2D eigenvalue weighted by Crippen LogP contribution is 2.27. The van der Waals surface area contributed by atoms with Gasteiger partial charge in [-0.1, -0.05) is 51.1 Å². The Morgan fingerprint density at radius 2 is 1.67 bits per heavy atom. The minimum atomic E-state index is 0.0607. The molecule has 0 amide bonds. The van der Waals surface area contributed by atoms with Crippen LogP contribution in [0.25, 0.3) is 11.3 Å². The molecule has 21 heavy (non-hydrogen) atoms. The standard InChI is InChI=1S/C17H26N4/c1-16(2,3)12-17(4,5)18-11-14-15(20-21-19-14)13-9-7-6-8-10-13/h6-10,18H,11-12H2,1-5H3,(H,19,20,21). The van der Waals surface area contributed by atoms with Crippen molar-refractivity contribution in [2.45, 2.75) is 53.1 Å². The highest BCUT2D eigenvalue weighted by Gasteiger charge is 2.25. The monoisotopic (exact) mass is 286 g/mol. The van der Waals surface area contributed by atoms with Crippen molar-refractivity contribution in [3.63, 3.8) is 0 Å². The van der Waals surface area contributed by atoms with Crippen LogP contribution in [0.3, 0.4) is 0 Å². The zero-order valence-corrected chi connectivity index (χ0v) is 13.7. The third-order valence-corrected chi connectivity index (χ3v) is 3.37. The lowest BCUT2D eigenvalue weighted by atomic mass is 9.82. The third kappa shape index (κ3) is 4.67. The van der Waals surface area contributed by atoms with Crippen LogP contribution < -0.4 is 5.32 Å². The SMILES string of the molecule is CC(C)(C)CC(C)(C)NCc1n[nH]nc1-c1ccccc1. The van der Waals surface area contributed by atoms with Crippen molar-refractivity contribution in [3.8, 4) is 11.3 Å². The number of aromatic nitrogens is 3. The Hall–Kier alpha value is -1.68. The quantitative estimate of drug-likeness (QED) is 0.879. The largest absolute Gasteiger partial charge is 0.306 e. The maximum absolute atomic E-state index is 4.29. The highest BCUT2D eigenvalue weighted by molar-refractivity contribution is 5.60. The summed E-state index contributed by atoms with van der Waals surface area (Å²) in [5, 5.41) is 14.9. The van der Waals surface area contributed by atoms with Crippen molar-refractivity contribution in [2.75, 3.05) is 0 Å². The Kier molecular flexibility index (Phi) is 4.47. The number of benzene rings is 1. The van der Waals surface area contributed by atoms with Crippen LogP contribution in [-0.4, -0.2) is 20.9 Å². The van der Waals surface area contributed by atoms with E-state index in [2.05, 4.69) is 67.5 Å². The van der Waals surface area contributed by atoms with E-state index in [1.807, 2.05) is 18.2 Å². The van der Waals surface area contributed by atoms with Gasteiger partial charge in [0.15, 0.2) is 0 Å². The fourth-order valence-corrected chi connectivity index (χ4v) is 2.91. The third-order valence-electron chi connectivity index (χ3n) is 3.37. The average Bonchev–Trinajstić information content (AvgIpc) is 2.83. The molecule has 4 heteroatoms. The van der Waals surface area contributed by atoms with E-state index in [0.717, 1.165) is 23.4 Å². The van der Waals surface area contributed by atoms with Crippen molar-refractivity contribution in [1.82, 2.24) is 20.7 Å². The molecule has 0 aliphatic heterocycles. The van der Waals surface area contributed by atoms with Gasteiger partial charge in [0.1, 0.15) is 11.4 Å². The molecule has 1 heterocycles. The molecule has 1 aromatic heterocycles. The topological polar surface area (TPSA) is 53.6 Å². The van der Waals surface area contributed by atoms with E-state index >= 15 is 0 Å². The molecule has 4 nitrogen and oxygen atoms in total. The van der Waals surface area contributed by atoms with Gasteiger partial charge in [0.2, 0.25) is 0 Å². The Balaban J connectivity index is 2.07. The highest BCUT2D eigenvalue weighted by atomic mass is 15.3. The molecule has 2 aromatic rings. The Labute approximate surface area is 127 Å². The van der Waals surface area contributed by atoms with Gasteiger partial charge >= 0.3 is 0 Å². The predicted molar refractivity (Wildman–Crippen MR) is 86.8 cm³/mol. The van der Waals surface area contributed by atoms with Crippen LogP contribution in [0.1, 0.15) is 46.7 Å². The van der Waals surface area contributed by atoms with Gasteiger partial charge in [-0.3, -0.25) is 0 Å². The van der Waals surface area contributed by atoms with Crippen LogP contribution in [0.5, 0.6) is 0 Å². The van der Waals surface area contributed by atoms with E-state index in [1.165, 1.54) is 0 Å². The van der Waals surface area contributed by atoms with Crippen molar-refractivity contribution in [2.24, 2.45) is 5.41 Å². The summed E-state index contributed by atoms with van der Waals surface area (Å²) in [7, 11) is 0. The first-order valence-electron chi connectivity index (χ1n) is 7.47. The number of H-pyrrole nitrogens is 1. The second-order valence-corrected chi connectivity index (χ2v) is 7.46. The fourth-order valence-electron chi connectivity index (χ4n) is 2.91. The zero-order valence-electron chi connectivity index (χ0n) is 13.7. The normalized spacial score (nSPS) is 12.6. The van der Waals surface area contributed by atoms with Crippen molar-refractivity contribution in [1.29, 1.82) is 0 Å². The van der Waals surface area contributed by atoms with Crippen LogP contribution in [-0.2, 0) is 6.54 Å². The first-order chi connectivity index (χ1) is 9.77. The molecular formula is C17H26N4. The van der Waals surface area contributed by atoms with Gasteiger partial charge in [-0.2, -0.15) is 15.4 Å². The van der Waals surface area contributed by atoms with Gasteiger partial charge in [0.25, 0.3) is 0 Å². The van der Waals surface area contributed by atoms with Crippen LogP contribution in [0.4, 0.5) is 0 Å². The molecule has 2 N–H and O–H groups in total. The molecule has 0 radical (unpaired) electrons. The molecule has 0 spiro atoms. The molecule has 2 rings (SSSR count). The number of hydrogen-bond acceptors (Lipinski definition) is 3. The van der Waals surface area contributed by atoms with E-state index in [1.54, 1.807) is 0 Å². The van der Waals surface area contributed by atoms with Crippen molar-refractivity contribution < 1.29 is 0 Å².